The highest BCUT2D eigenvalue weighted by atomic mass is 16.5. The van der Waals surface area contributed by atoms with Crippen LogP contribution in [0.15, 0.2) is 35.4 Å². The van der Waals surface area contributed by atoms with Gasteiger partial charge in [-0.3, -0.25) is 9.59 Å². The number of nitrogens with one attached hydrogen (secondary N) is 1. The van der Waals surface area contributed by atoms with E-state index in [2.05, 4.69) is 10.3 Å². The summed E-state index contributed by atoms with van der Waals surface area (Å²) in [5, 5.41) is 3.61. The fourth-order valence-corrected chi connectivity index (χ4v) is 3.20. The maximum Gasteiger partial charge on any atom is 0.305 e. The Morgan fingerprint density at radius 3 is 2.58 bits per heavy atom. The summed E-state index contributed by atoms with van der Waals surface area (Å²) in [7, 11) is 6.14. The van der Waals surface area contributed by atoms with E-state index in [1.54, 1.807) is 33.4 Å². The molecule has 9 nitrogen and oxygen atoms in total. The van der Waals surface area contributed by atoms with Crippen molar-refractivity contribution >= 4 is 22.7 Å². The molecule has 164 valence electrons. The molecule has 0 unspecified atom stereocenters. The number of carbonyl (C=O) groups excluding carboxylic acids is 1. The van der Waals surface area contributed by atoms with Crippen LogP contribution in [-0.2, 0) is 16.6 Å². The summed E-state index contributed by atoms with van der Waals surface area (Å²) in [6.45, 7) is 2.35. The second-order valence-electron chi connectivity index (χ2n) is 7.25. The fraction of sp³-hybridized carbons (Fsp3) is 0.364. The zero-order valence-corrected chi connectivity index (χ0v) is 18.3. The van der Waals surface area contributed by atoms with Gasteiger partial charge in [0.1, 0.15) is 11.2 Å². The number of hydrogen-bond donors (Lipinski definition) is 1. The smallest absolute Gasteiger partial charge is 0.305 e. The lowest BCUT2D eigenvalue weighted by Gasteiger charge is -2.15. The highest BCUT2D eigenvalue weighted by Gasteiger charge is 2.16. The summed E-state index contributed by atoms with van der Waals surface area (Å²) in [5.74, 6) is 1.28. The molecule has 0 fully saturated rings. The van der Waals surface area contributed by atoms with Crippen molar-refractivity contribution < 1.29 is 19.0 Å². The Morgan fingerprint density at radius 1 is 1.16 bits per heavy atom. The molecule has 0 saturated carbocycles. The van der Waals surface area contributed by atoms with Gasteiger partial charge >= 0.3 is 5.97 Å². The van der Waals surface area contributed by atoms with Gasteiger partial charge in [0.15, 0.2) is 11.5 Å². The quantitative estimate of drug-likeness (QED) is 0.548. The molecule has 9 heteroatoms. The number of methoxy groups -OCH3 is 3. The largest absolute Gasteiger partial charge is 0.493 e. The van der Waals surface area contributed by atoms with Crippen molar-refractivity contribution in [1.82, 2.24) is 14.5 Å². The number of aromatic nitrogens is 3. The van der Waals surface area contributed by atoms with Crippen molar-refractivity contribution in [3.8, 4) is 22.8 Å². The van der Waals surface area contributed by atoms with E-state index in [0.717, 1.165) is 5.56 Å². The van der Waals surface area contributed by atoms with Crippen LogP contribution in [0, 0.1) is 5.92 Å². The van der Waals surface area contributed by atoms with Crippen LogP contribution in [0.25, 0.3) is 22.2 Å². The topological polar surface area (TPSA) is 105 Å². The maximum absolute atomic E-state index is 12.8. The van der Waals surface area contributed by atoms with E-state index in [9.17, 15) is 9.59 Å². The summed E-state index contributed by atoms with van der Waals surface area (Å²) in [5.41, 5.74) is 1.72. The number of rotatable bonds is 8. The standard InChI is InChI=1S/C22H26N4O5/c1-13(8-19(27)31-5)11-23-21-20-16(24-12-26(2)22(20)28)10-15(25-21)14-6-7-17(29-3)18(9-14)30-4/h6-7,9-10,12-13H,8,11H2,1-5H3,(H,23,25)/t13-/m1/s1. The zero-order valence-electron chi connectivity index (χ0n) is 18.3. The van der Waals surface area contributed by atoms with Gasteiger partial charge in [-0.05, 0) is 30.2 Å². The average molecular weight is 426 g/mol. The average Bonchev–Trinajstić information content (AvgIpc) is 2.78. The molecule has 2 aromatic heterocycles. The molecular weight excluding hydrogens is 400 g/mol. The number of fused-ring (bicyclic) bond motifs is 1. The number of aryl methyl sites for hydroxylation is 1. The predicted molar refractivity (Wildman–Crippen MR) is 118 cm³/mol. The molecule has 0 saturated heterocycles. The molecule has 1 atom stereocenters. The molecule has 3 rings (SSSR count). The van der Waals surface area contributed by atoms with Crippen LogP contribution in [-0.4, -0.2) is 48.4 Å². The van der Waals surface area contributed by atoms with Crippen LogP contribution < -0.4 is 20.3 Å². The molecule has 0 aliphatic heterocycles. The lowest BCUT2D eigenvalue weighted by Crippen LogP contribution is -2.21. The molecule has 0 aliphatic carbocycles. The van der Waals surface area contributed by atoms with E-state index >= 15 is 0 Å². The van der Waals surface area contributed by atoms with E-state index < -0.39 is 0 Å². The summed E-state index contributed by atoms with van der Waals surface area (Å²) in [4.78, 5) is 33.4. The van der Waals surface area contributed by atoms with Gasteiger partial charge in [0.05, 0.1) is 38.9 Å². The first-order chi connectivity index (χ1) is 14.9. The van der Waals surface area contributed by atoms with Crippen molar-refractivity contribution in [2.45, 2.75) is 13.3 Å². The molecule has 0 aliphatic rings. The number of esters is 1. The van der Waals surface area contributed by atoms with Crippen LogP contribution in [0.3, 0.4) is 0 Å². The Hall–Kier alpha value is -3.62. The van der Waals surface area contributed by atoms with Crippen molar-refractivity contribution in [3.05, 3.63) is 40.9 Å². The number of hydrogen-bond acceptors (Lipinski definition) is 8. The number of carbonyl (C=O) groups is 1. The highest BCUT2D eigenvalue weighted by Crippen LogP contribution is 2.33. The first-order valence-corrected chi connectivity index (χ1v) is 9.77. The van der Waals surface area contributed by atoms with Crippen molar-refractivity contribution in [1.29, 1.82) is 0 Å². The number of benzene rings is 1. The van der Waals surface area contributed by atoms with Gasteiger partial charge in [0.2, 0.25) is 0 Å². The number of ether oxygens (including phenoxy) is 3. The van der Waals surface area contributed by atoms with E-state index in [4.69, 9.17) is 19.2 Å². The lowest BCUT2D eigenvalue weighted by atomic mass is 10.1. The minimum atomic E-state index is -0.288. The molecule has 31 heavy (non-hydrogen) atoms. The van der Waals surface area contributed by atoms with Crippen LogP contribution in [0.2, 0.25) is 0 Å². The summed E-state index contributed by atoms with van der Waals surface area (Å²) in [6, 6.07) is 7.24. The third-order valence-electron chi connectivity index (χ3n) is 4.94. The van der Waals surface area contributed by atoms with E-state index in [-0.39, 0.29) is 23.9 Å². The zero-order chi connectivity index (χ0) is 22.5. The minimum Gasteiger partial charge on any atom is -0.493 e. The van der Waals surface area contributed by atoms with Gasteiger partial charge in [-0.2, -0.15) is 0 Å². The van der Waals surface area contributed by atoms with Gasteiger partial charge in [0, 0.05) is 25.6 Å². The monoisotopic (exact) mass is 426 g/mol. The van der Waals surface area contributed by atoms with Gasteiger partial charge in [-0.1, -0.05) is 6.92 Å². The first kappa shape index (κ1) is 22.1. The maximum atomic E-state index is 12.8. The van der Waals surface area contributed by atoms with Crippen molar-refractivity contribution in [2.75, 3.05) is 33.2 Å². The minimum absolute atomic E-state index is 0.0189. The normalized spacial score (nSPS) is 11.8. The first-order valence-electron chi connectivity index (χ1n) is 9.77. The van der Waals surface area contributed by atoms with Crippen molar-refractivity contribution in [2.24, 2.45) is 13.0 Å². The third kappa shape index (κ3) is 4.76. The Morgan fingerprint density at radius 2 is 1.90 bits per heavy atom. The van der Waals surface area contributed by atoms with Crippen molar-refractivity contribution in [3.63, 3.8) is 0 Å². The van der Waals surface area contributed by atoms with E-state index in [1.807, 2.05) is 19.1 Å². The molecule has 0 bridgehead atoms. The van der Waals surface area contributed by atoms with Gasteiger partial charge < -0.3 is 24.1 Å². The molecular formula is C22H26N4O5. The number of anilines is 1. The predicted octanol–water partition coefficient (Wildman–Crippen LogP) is 2.62. The van der Waals surface area contributed by atoms with Gasteiger partial charge in [-0.15, -0.1) is 0 Å². The molecule has 0 amide bonds. The Kier molecular flexibility index (Phi) is 6.74. The SMILES string of the molecule is COC(=O)C[C@@H](C)CNc1nc(-c2ccc(OC)c(OC)c2)cc2ncn(C)c(=O)c12. The van der Waals surface area contributed by atoms with Crippen LogP contribution in [0.1, 0.15) is 13.3 Å². The van der Waals surface area contributed by atoms with Crippen LogP contribution >= 0.6 is 0 Å². The molecule has 0 spiro atoms. The number of pyridine rings is 1. The molecule has 0 radical (unpaired) electrons. The fourth-order valence-electron chi connectivity index (χ4n) is 3.20. The van der Waals surface area contributed by atoms with Crippen LogP contribution in [0.4, 0.5) is 5.82 Å². The van der Waals surface area contributed by atoms with E-state index in [1.165, 1.54) is 18.0 Å². The third-order valence-corrected chi connectivity index (χ3v) is 4.94. The summed E-state index contributed by atoms with van der Waals surface area (Å²) >= 11 is 0. The number of nitrogens with zero attached hydrogens (tertiary/aromatic N) is 3. The second-order valence-corrected chi connectivity index (χ2v) is 7.25. The Bertz CT molecular complexity index is 1160. The summed E-state index contributed by atoms with van der Waals surface area (Å²) < 4.78 is 16.8. The van der Waals surface area contributed by atoms with Gasteiger partial charge in [-0.25, -0.2) is 9.97 Å². The van der Waals surface area contributed by atoms with Gasteiger partial charge in [0.25, 0.3) is 5.56 Å². The second kappa shape index (κ2) is 9.46. The molecule has 1 aromatic carbocycles. The Labute approximate surface area is 180 Å². The Balaban J connectivity index is 2.06. The molecule has 3 aromatic rings. The van der Waals surface area contributed by atoms with Crippen LogP contribution in [0.5, 0.6) is 11.5 Å². The lowest BCUT2D eigenvalue weighted by molar-refractivity contribution is -0.141. The molecule has 1 N–H and O–H groups in total. The molecule has 2 heterocycles. The highest BCUT2D eigenvalue weighted by molar-refractivity contribution is 5.91. The summed E-state index contributed by atoms with van der Waals surface area (Å²) in [6.07, 6.45) is 1.74. The van der Waals surface area contributed by atoms with E-state index in [0.29, 0.717) is 40.5 Å².